The summed E-state index contributed by atoms with van der Waals surface area (Å²) in [6.45, 7) is 5.73. The number of carbonyl (C=O) groups excluding carboxylic acids is 2. The average molecular weight is 523 g/mol. The van der Waals surface area contributed by atoms with Gasteiger partial charge in [-0.2, -0.15) is 5.10 Å². The summed E-state index contributed by atoms with van der Waals surface area (Å²) in [7, 11) is 0. The summed E-state index contributed by atoms with van der Waals surface area (Å²) < 4.78 is 1.86. The Morgan fingerprint density at radius 1 is 1.23 bits per heavy atom. The Hall–Kier alpha value is -2.42. The van der Waals surface area contributed by atoms with E-state index in [1.54, 1.807) is 46.3 Å². The summed E-state index contributed by atoms with van der Waals surface area (Å²) >= 11 is 15.9. The molecule has 0 saturated carbocycles. The first-order valence-corrected chi connectivity index (χ1v) is 11.0. The number of halogens is 3. The normalized spacial score (nSPS) is 13.7. The van der Waals surface area contributed by atoms with E-state index in [4.69, 9.17) is 23.2 Å². The summed E-state index contributed by atoms with van der Waals surface area (Å²) in [5, 5.41) is 5.15. The minimum Gasteiger partial charge on any atom is -0.318 e. The van der Waals surface area contributed by atoms with Crippen LogP contribution < -0.4 is 4.90 Å². The van der Waals surface area contributed by atoms with Gasteiger partial charge < -0.3 is 4.90 Å². The fraction of sp³-hybridized carbons (Fsp3) is 0.238. The number of carbonyl (C=O) groups is 2. The van der Waals surface area contributed by atoms with E-state index < -0.39 is 0 Å². The molecule has 3 aromatic rings. The van der Waals surface area contributed by atoms with Gasteiger partial charge in [0.15, 0.2) is 5.82 Å². The Morgan fingerprint density at radius 2 is 1.97 bits per heavy atom. The number of hydrogen-bond acceptors (Lipinski definition) is 4. The van der Waals surface area contributed by atoms with E-state index in [2.05, 4.69) is 26.0 Å². The van der Waals surface area contributed by atoms with Gasteiger partial charge in [0.25, 0.3) is 11.8 Å². The molecule has 4 rings (SSSR count). The van der Waals surface area contributed by atoms with Crippen molar-refractivity contribution in [3.8, 4) is 5.82 Å². The van der Waals surface area contributed by atoms with Crippen molar-refractivity contribution in [2.24, 2.45) is 0 Å². The van der Waals surface area contributed by atoms with Gasteiger partial charge in [-0.15, -0.1) is 0 Å². The van der Waals surface area contributed by atoms with Crippen molar-refractivity contribution in [1.82, 2.24) is 19.7 Å². The van der Waals surface area contributed by atoms with Gasteiger partial charge in [-0.3, -0.25) is 14.5 Å². The molecule has 10 heteroatoms. The third-order valence-electron chi connectivity index (χ3n) is 5.03. The van der Waals surface area contributed by atoms with Crippen LogP contribution in [0.4, 0.5) is 5.69 Å². The molecular weight excluding hydrogens is 505 g/mol. The number of pyridine rings is 1. The number of hydrogen-bond donors (Lipinski definition) is 0. The highest BCUT2D eigenvalue weighted by Crippen LogP contribution is 2.35. The molecule has 0 atom stereocenters. The second kappa shape index (κ2) is 8.26. The van der Waals surface area contributed by atoms with Crippen LogP contribution >= 0.6 is 39.1 Å². The molecule has 0 radical (unpaired) electrons. The van der Waals surface area contributed by atoms with Gasteiger partial charge in [0.05, 0.1) is 16.3 Å². The third kappa shape index (κ3) is 3.84. The molecule has 160 valence electrons. The molecule has 0 saturated heterocycles. The molecule has 2 amide bonds. The van der Waals surface area contributed by atoms with Crippen LogP contribution in [0.5, 0.6) is 0 Å². The van der Waals surface area contributed by atoms with Crippen molar-refractivity contribution in [3.63, 3.8) is 0 Å². The van der Waals surface area contributed by atoms with Gasteiger partial charge >= 0.3 is 0 Å². The van der Waals surface area contributed by atoms with Crippen LogP contribution in [0.15, 0.2) is 41.1 Å². The Kier molecular flexibility index (Phi) is 5.81. The van der Waals surface area contributed by atoms with E-state index in [1.807, 2.05) is 20.8 Å². The van der Waals surface area contributed by atoms with Crippen molar-refractivity contribution in [3.05, 3.63) is 68.0 Å². The molecule has 1 aliphatic heterocycles. The Labute approximate surface area is 197 Å². The molecular formula is C21H18BrCl2N5O2. The van der Waals surface area contributed by atoms with Gasteiger partial charge in [-0.05, 0) is 66.5 Å². The number of benzene rings is 1. The lowest BCUT2D eigenvalue weighted by Gasteiger charge is -2.39. The van der Waals surface area contributed by atoms with E-state index >= 15 is 0 Å². The van der Waals surface area contributed by atoms with Crippen molar-refractivity contribution in [2.45, 2.75) is 26.8 Å². The maximum atomic E-state index is 13.8. The highest BCUT2D eigenvalue weighted by atomic mass is 79.9. The first kappa shape index (κ1) is 21.8. The van der Waals surface area contributed by atoms with E-state index in [0.717, 1.165) is 5.56 Å². The summed E-state index contributed by atoms with van der Waals surface area (Å²) in [4.78, 5) is 34.3. The van der Waals surface area contributed by atoms with Crippen LogP contribution in [0.1, 0.15) is 40.3 Å². The summed E-state index contributed by atoms with van der Waals surface area (Å²) in [5.74, 6) is -0.174. The maximum Gasteiger partial charge on any atom is 0.278 e. The van der Waals surface area contributed by atoms with Crippen molar-refractivity contribution < 1.29 is 9.59 Å². The SMILES string of the molecule is Cc1cc(Cl)cc2c1N(C(=O)c1cc(Br)nn1-c1ncccc1Cl)CN(C(C)C)C2=O. The van der Waals surface area contributed by atoms with Gasteiger partial charge in [-0.25, -0.2) is 9.67 Å². The molecule has 0 N–H and O–H groups in total. The molecule has 1 aliphatic rings. The van der Waals surface area contributed by atoms with Crippen LogP contribution in [0.25, 0.3) is 5.82 Å². The second-order valence-corrected chi connectivity index (χ2v) is 9.09. The van der Waals surface area contributed by atoms with Crippen LogP contribution in [-0.4, -0.2) is 44.2 Å². The van der Waals surface area contributed by atoms with Gasteiger partial charge in [0.2, 0.25) is 0 Å². The number of amides is 2. The second-order valence-electron chi connectivity index (χ2n) is 7.44. The maximum absolute atomic E-state index is 13.8. The summed E-state index contributed by atoms with van der Waals surface area (Å²) in [6, 6.07) is 8.21. The van der Waals surface area contributed by atoms with Crippen molar-refractivity contribution >= 4 is 56.6 Å². The van der Waals surface area contributed by atoms with E-state index in [9.17, 15) is 9.59 Å². The zero-order valence-corrected chi connectivity index (χ0v) is 20.0. The predicted octanol–water partition coefficient (Wildman–Crippen LogP) is 5.11. The van der Waals surface area contributed by atoms with E-state index in [-0.39, 0.29) is 30.2 Å². The van der Waals surface area contributed by atoms with Crippen LogP contribution in [-0.2, 0) is 0 Å². The largest absolute Gasteiger partial charge is 0.318 e. The molecule has 3 heterocycles. The molecule has 0 unspecified atom stereocenters. The number of fused-ring (bicyclic) bond motifs is 1. The van der Waals surface area contributed by atoms with Gasteiger partial charge in [0, 0.05) is 23.3 Å². The summed E-state index contributed by atoms with van der Waals surface area (Å²) in [6.07, 6.45) is 1.58. The molecule has 1 aromatic carbocycles. The molecule has 0 aliphatic carbocycles. The lowest BCUT2D eigenvalue weighted by Crippen LogP contribution is -2.52. The Bertz CT molecular complexity index is 1210. The molecule has 2 aromatic heterocycles. The quantitative estimate of drug-likeness (QED) is 0.479. The monoisotopic (exact) mass is 521 g/mol. The highest BCUT2D eigenvalue weighted by Gasteiger charge is 2.37. The fourth-order valence-corrected chi connectivity index (χ4v) is 4.45. The van der Waals surface area contributed by atoms with Crippen LogP contribution in [0.3, 0.4) is 0 Å². The molecule has 31 heavy (non-hydrogen) atoms. The standard InChI is InChI=1S/C21H18BrCl2N5O2/c1-11(2)27-10-28(18-12(3)7-13(23)8-14(18)20(27)30)21(31)16-9-17(22)26-29(16)19-15(24)5-4-6-25-19/h4-9,11H,10H2,1-3H3. The van der Waals surface area contributed by atoms with E-state index in [0.29, 0.717) is 31.7 Å². The number of nitrogens with zero attached hydrogens (tertiary/aromatic N) is 5. The predicted molar refractivity (Wildman–Crippen MR) is 123 cm³/mol. The zero-order valence-electron chi connectivity index (χ0n) is 16.9. The van der Waals surface area contributed by atoms with Crippen molar-refractivity contribution in [1.29, 1.82) is 0 Å². The average Bonchev–Trinajstić information content (AvgIpc) is 3.09. The lowest BCUT2D eigenvalue weighted by molar-refractivity contribution is 0.0677. The topological polar surface area (TPSA) is 71.3 Å². The molecule has 0 fully saturated rings. The Morgan fingerprint density at radius 3 is 2.65 bits per heavy atom. The Balaban J connectivity index is 1.88. The third-order valence-corrected chi connectivity index (χ3v) is 5.93. The molecule has 7 nitrogen and oxygen atoms in total. The first-order valence-electron chi connectivity index (χ1n) is 9.48. The number of anilines is 1. The fourth-order valence-electron chi connectivity index (χ4n) is 3.60. The molecule has 0 bridgehead atoms. The minimum absolute atomic E-state index is 0.101. The summed E-state index contributed by atoms with van der Waals surface area (Å²) in [5.41, 5.74) is 1.91. The van der Waals surface area contributed by atoms with Crippen LogP contribution in [0.2, 0.25) is 10.0 Å². The number of rotatable bonds is 3. The lowest BCUT2D eigenvalue weighted by atomic mass is 10.0. The first-order chi connectivity index (χ1) is 14.7. The van der Waals surface area contributed by atoms with Gasteiger partial charge in [0.1, 0.15) is 17.0 Å². The number of aryl methyl sites for hydroxylation is 1. The number of aromatic nitrogens is 3. The van der Waals surface area contributed by atoms with Crippen LogP contribution in [0, 0.1) is 6.92 Å². The van der Waals surface area contributed by atoms with Gasteiger partial charge in [-0.1, -0.05) is 23.2 Å². The van der Waals surface area contributed by atoms with Crippen molar-refractivity contribution in [2.75, 3.05) is 11.6 Å². The highest BCUT2D eigenvalue weighted by molar-refractivity contribution is 9.10. The smallest absolute Gasteiger partial charge is 0.278 e. The minimum atomic E-state index is -0.343. The zero-order chi connectivity index (χ0) is 22.4. The van der Waals surface area contributed by atoms with E-state index in [1.165, 1.54) is 4.68 Å². The molecule has 0 spiro atoms.